The highest BCUT2D eigenvalue weighted by Gasteiger charge is 2.17. The molecule has 0 aromatic carbocycles. The molecule has 21 heavy (non-hydrogen) atoms. The second-order valence-electron chi connectivity index (χ2n) is 4.73. The number of rotatable bonds is 7. The van der Waals surface area contributed by atoms with E-state index in [1.807, 2.05) is 19.1 Å². The second-order valence-corrected chi connectivity index (χ2v) is 4.73. The van der Waals surface area contributed by atoms with Gasteiger partial charge in [-0.25, -0.2) is 4.98 Å². The van der Waals surface area contributed by atoms with Gasteiger partial charge in [-0.1, -0.05) is 0 Å². The Morgan fingerprint density at radius 2 is 2.24 bits per heavy atom. The fourth-order valence-corrected chi connectivity index (χ4v) is 1.96. The minimum atomic E-state index is -0.436. The first-order valence-corrected chi connectivity index (χ1v) is 6.72. The van der Waals surface area contributed by atoms with E-state index in [0.29, 0.717) is 5.82 Å². The molecule has 0 aliphatic heterocycles. The zero-order chi connectivity index (χ0) is 15.2. The Hall–Kier alpha value is -2.57. The molecule has 0 radical (unpaired) electrons. The third-order valence-electron chi connectivity index (χ3n) is 3.11. The van der Waals surface area contributed by atoms with Crippen LogP contribution in [0.5, 0.6) is 0 Å². The van der Waals surface area contributed by atoms with E-state index >= 15 is 0 Å². The summed E-state index contributed by atoms with van der Waals surface area (Å²) in [6, 6.07) is 6.82. The maximum atomic E-state index is 11.0. The first-order chi connectivity index (χ1) is 10.1. The van der Waals surface area contributed by atoms with Gasteiger partial charge in [0.05, 0.1) is 11.2 Å². The molecule has 2 heterocycles. The van der Waals surface area contributed by atoms with Crippen molar-refractivity contribution in [1.82, 2.24) is 4.98 Å². The van der Waals surface area contributed by atoms with Crippen LogP contribution >= 0.6 is 0 Å². The summed E-state index contributed by atoms with van der Waals surface area (Å²) in [6.07, 6.45) is 3.19. The minimum absolute atomic E-state index is 0.0288. The number of nitro groups is 1. The number of nitrogens with one attached hydrogen (secondary N) is 2. The molecule has 2 aromatic heterocycles. The number of anilines is 2. The van der Waals surface area contributed by atoms with E-state index in [1.54, 1.807) is 19.4 Å². The standard InChI is InChI=1S/C14H18N4O3/c1-10(5-6-11-4-3-9-21-11)16-14-12(18(19)20)7-8-13(15-2)17-14/h3-4,7-10H,5-6H2,1-2H3,(H2,15,16,17). The summed E-state index contributed by atoms with van der Waals surface area (Å²) < 4.78 is 5.27. The Morgan fingerprint density at radius 3 is 2.86 bits per heavy atom. The van der Waals surface area contributed by atoms with Gasteiger partial charge in [0.15, 0.2) is 0 Å². The number of hydrogen-bond acceptors (Lipinski definition) is 6. The number of hydrogen-bond donors (Lipinski definition) is 2. The van der Waals surface area contributed by atoms with Crippen LogP contribution in [0.1, 0.15) is 19.1 Å². The molecule has 0 aliphatic carbocycles. The van der Waals surface area contributed by atoms with Crippen LogP contribution in [0, 0.1) is 10.1 Å². The van der Waals surface area contributed by atoms with Crippen LogP contribution in [0.4, 0.5) is 17.3 Å². The molecule has 0 saturated carbocycles. The molecule has 0 spiro atoms. The number of aryl methyl sites for hydroxylation is 1. The first-order valence-electron chi connectivity index (χ1n) is 6.72. The van der Waals surface area contributed by atoms with Gasteiger partial charge < -0.3 is 15.1 Å². The quantitative estimate of drug-likeness (QED) is 0.601. The van der Waals surface area contributed by atoms with Crippen LogP contribution < -0.4 is 10.6 Å². The lowest BCUT2D eigenvalue weighted by Gasteiger charge is -2.14. The molecule has 112 valence electrons. The van der Waals surface area contributed by atoms with E-state index in [2.05, 4.69) is 15.6 Å². The normalized spacial score (nSPS) is 11.9. The number of aromatic nitrogens is 1. The summed E-state index contributed by atoms with van der Waals surface area (Å²) in [5.41, 5.74) is -0.0288. The predicted molar refractivity (Wildman–Crippen MR) is 80.6 cm³/mol. The van der Waals surface area contributed by atoms with Crippen molar-refractivity contribution < 1.29 is 9.34 Å². The number of furan rings is 1. The molecule has 0 fully saturated rings. The topological polar surface area (TPSA) is 93.2 Å². The van der Waals surface area contributed by atoms with E-state index < -0.39 is 4.92 Å². The summed E-state index contributed by atoms with van der Waals surface area (Å²) in [6.45, 7) is 1.96. The van der Waals surface area contributed by atoms with E-state index in [-0.39, 0.29) is 17.5 Å². The lowest BCUT2D eigenvalue weighted by molar-refractivity contribution is -0.384. The smallest absolute Gasteiger partial charge is 0.311 e. The fourth-order valence-electron chi connectivity index (χ4n) is 1.96. The molecule has 2 N–H and O–H groups in total. The highest BCUT2D eigenvalue weighted by Crippen LogP contribution is 2.25. The maximum Gasteiger partial charge on any atom is 0.311 e. The van der Waals surface area contributed by atoms with Gasteiger partial charge in [0, 0.05) is 25.6 Å². The van der Waals surface area contributed by atoms with Gasteiger partial charge in [-0.15, -0.1) is 0 Å². The van der Waals surface area contributed by atoms with Crippen LogP contribution in [-0.4, -0.2) is 23.0 Å². The van der Waals surface area contributed by atoms with Crippen LogP contribution in [0.2, 0.25) is 0 Å². The summed E-state index contributed by atoms with van der Waals surface area (Å²) in [4.78, 5) is 14.8. The lowest BCUT2D eigenvalue weighted by Crippen LogP contribution is -2.18. The Morgan fingerprint density at radius 1 is 1.43 bits per heavy atom. The summed E-state index contributed by atoms with van der Waals surface area (Å²) in [5, 5.41) is 17.0. The molecule has 1 atom stereocenters. The second kappa shape index (κ2) is 6.74. The summed E-state index contributed by atoms with van der Waals surface area (Å²) >= 11 is 0. The lowest BCUT2D eigenvalue weighted by atomic mass is 10.1. The SMILES string of the molecule is CNc1ccc([N+](=O)[O-])c(NC(C)CCc2ccco2)n1. The molecular weight excluding hydrogens is 272 g/mol. The third-order valence-corrected chi connectivity index (χ3v) is 3.11. The van der Waals surface area contributed by atoms with Crippen molar-refractivity contribution in [1.29, 1.82) is 0 Å². The molecule has 0 bridgehead atoms. The van der Waals surface area contributed by atoms with Crippen LogP contribution in [0.3, 0.4) is 0 Å². The van der Waals surface area contributed by atoms with Crippen LogP contribution in [0.25, 0.3) is 0 Å². The first kappa shape index (κ1) is 14.8. The molecule has 7 nitrogen and oxygen atoms in total. The van der Waals surface area contributed by atoms with Crippen molar-refractivity contribution in [3.05, 3.63) is 46.4 Å². The largest absolute Gasteiger partial charge is 0.469 e. The third kappa shape index (κ3) is 3.95. The van der Waals surface area contributed by atoms with Crippen LogP contribution in [0.15, 0.2) is 34.9 Å². The minimum Gasteiger partial charge on any atom is -0.469 e. The molecule has 7 heteroatoms. The Labute approximate surface area is 122 Å². The zero-order valence-electron chi connectivity index (χ0n) is 12.0. The number of pyridine rings is 1. The highest BCUT2D eigenvalue weighted by molar-refractivity contribution is 5.60. The molecular formula is C14H18N4O3. The van der Waals surface area contributed by atoms with Gasteiger partial charge >= 0.3 is 5.69 Å². The Kier molecular flexibility index (Phi) is 4.76. The van der Waals surface area contributed by atoms with Crippen LogP contribution in [-0.2, 0) is 6.42 Å². The van der Waals surface area contributed by atoms with Gasteiger partial charge in [-0.3, -0.25) is 10.1 Å². The van der Waals surface area contributed by atoms with Crippen molar-refractivity contribution in [3.8, 4) is 0 Å². The van der Waals surface area contributed by atoms with Gasteiger partial charge in [-0.05, 0) is 31.5 Å². The molecule has 2 aromatic rings. The van der Waals surface area contributed by atoms with E-state index in [4.69, 9.17) is 4.42 Å². The molecule has 0 amide bonds. The zero-order valence-corrected chi connectivity index (χ0v) is 12.0. The Balaban J connectivity index is 2.04. The average Bonchev–Trinajstić information content (AvgIpc) is 2.98. The van der Waals surface area contributed by atoms with Gasteiger partial charge in [0.1, 0.15) is 11.6 Å². The van der Waals surface area contributed by atoms with Crippen molar-refractivity contribution in [2.24, 2.45) is 0 Å². The van der Waals surface area contributed by atoms with Crippen molar-refractivity contribution in [2.45, 2.75) is 25.8 Å². The van der Waals surface area contributed by atoms with Crippen molar-refractivity contribution in [2.75, 3.05) is 17.7 Å². The molecule has 2 rings (SSSR count). The number of nitrogens with zero attached hydrogens (tertiary/aromatic N) is 2. The van der Waals surface area contributed by atoms with Gasteiger partial charge in [0.25, 0.3) is 0 Å². The maximum absolute atomic E-state index is 11.0. The highest BCUT2D eigenvalue weighted by atomic mass is 16.6. The molecule has 0 aliphatic rings. The van der Waals surface area contributed by atoms with Crippen molar-refractivity contribution in [3.63, 3.8) is 0 Å². The monoisotopic (exact) mass is 290 g/mol. The Bertz CT molecular complexity index is 598. The fraction of sp³-hybridized carbons (Fsp3) is 0.357. The van der Waals surface area contributed by atoms with E-state index in [1.165, 1.54) is 6.07 Å². The van der Waals surface area contributed by atoms with E-state index in [0.717, 1.165) is 18.6 Å². The molecule has 0 saturated heterocycles. The molecule has 1 unspecified atom stereocenters. The summed E-state index contributed by atoms with van der Waals surface area (Å²) in [7, 11) is 1.72. The summed E-state index contributed by atoms with van der Waals surface area (Å²) in [5.74, 6) is 1.76. The van der Waals surface area contributed by atoms with Crippen molar-refractivity contribution >= 4 is 17.3 Å². The van der Waals surface area contributed by atoms with Gasteiger partial charge in [0.2, 0.25) is 5.82 Å². The predicted octanol–water partition coefficient (Wildman–Crippen LogP) is 3.06. The van der Waals surface area contributed by atoms with E-state index in [9.17, 15) is 10.1 Å². The van der Waals surface area contributed by atoms with Gasteiger partial charge in [-0.2, -0.15) is 0 Å². The average molecular weight is 290 g/mol.